The number of aromatic nitrogens is 1. The molecule has 2 heterocycles. The highest BCUT2D eigenvalue weighted by Gasteiger charge is 2.49. The molecular weight excluding hydrogens is 699 g/mol. The number of oxime groups is 1. The number of ether oxygens (including phenoxy) is 1. The minimum atomic E-state index is -1.73. The minimum absolute atomic E-state index is 0.00297. The maximum atomic E-state index is 14.1. The zero-order valence-electron chi connectivity index (χ0n) is 27.6. The van der Waals surface area contributed by atoms with Crippen molar-refractivity contribution in [3.8, 4) is 0 Å². The molecule has 1 aliphatic heterocycles. The van der Waals surface area contributed by atoms with Crippen LogP contribution in [0, 0.1) is 5.92 Å². The van der Waals surface area contributed by atoms with Gasteiger partial charge in [-0.05, 0) is 35.1 Å². The normalized spacial score (nSPS) is 16.5. The number of Topliss-reactive ketones (excluding diaryl/α,β-unsaturated/α-hetero) is 1. The quantitative estimate of drug-likeness (QED) is 0.143. The number of rotatable bonds is 14. The molecule has 14 heteroatoms. The Labute approximate surface area is 303 Å². The Morgan fingerprint density at radius 2 is 1.59 bits per heavy atom. The smallest absolute Gasteiger partial charge is 0.341 e. The van der Waals surface area contributed by atoms with Gasteiger partial charge in [0.1, 0.15) is 11.7 Å². The first-order valence-corrected chi connectivity index (χ1v) is 16.7. The number of aliphatic carboxylic acids is 1. The van der Waals surface area contributed by atoms with E-state index in [1.807, 2.05) is 38.1 Å². The summed E-state index contributed by atoms with van der Waals surface area (Å²) in [4.78, 5) is 75.5. The third-order valence-corrected chi connectivity index (χ3v) is 8.94. The topological polar surface area (TPSA) is 173 Å². The molecule has 2 amide bonds. The Kier molecular flexibility index (Phi) is 11.7. The van der Waals surface area contributed by atoms with E-state index in [0.717, 1.165) is 10.8 Å². The molecule has 3 N–H and O–H groups in total. The number of hydrogen-bond donors (Lipinski definition) is 3. The molecule has 264 valence electrons. The molecule has 0 saturated heterocycles. The highest BCUT2D eigenvalue weighted by molar-refractivity contribution is 6.39. The van der Waals surface area contributed by atoms with E-state index in [-0.39, 0.29) is 40.1 Å². The van der Waals surface area contributed by atoms with Crippen LogP contribution in [0.2, 0.25) is 10.0 Å². The van der Waals surface area contributed by atoms with Gasteiger partial charge in [0.05, 0.1) is 33.8 Å². The molecular formula is C37H34Cl2N4O8. The van der Waals surface area contributed by atoms with E-state index >= 15 is 0 Å². The summed E-state index contributed by atoms with van der Waals surface area (Å²) < 4.78 is 5.11. The zero-order chi connectivity index (χ0) is 36.7. The molecule has 3 atom stereocenters. The first kappa shape index (κ1) is 36.9. The van der Waals surface area contributed by atoms with E-state index in [0.29, 0.717) is 11.3 Å². The van der Waals surface area contributed by atoms with Crippen LogP contribution in [0.3, 0.4) is 0 Å². The number of pyridine rings is 1. The van der Waals surface area contributed by atoms with Gasteiger partial charge in [0, 0.05) is 24.4 Å². The summed E-state index contributed by atoms with van der Waals surface area (Å²) in [5.74, 6) is -4.76. The average Bonchev–Trinajstić information content (AvgIpc) is 3.53. The lowest BCUT2D eigenvalue weighted by Gasteiger charge is -2.29. The van der Waals surface area contributed by atoms with Gasteiger partial charge in [0.15, 0.2) is 12.4 Å². The molecule has 0 spiro atoms. The van der Waals surface area contributed by atoms with E-state index in [1.165, 1.54) is 18.2 Å². The second kappa shape index (κ2) is 16.1. The Morgan fingerprint density at radius 3 is 2.25 bits per heavy atom. The van der Waals surface area contributed by atoms with Crippen LogP contribution in [0.25, 0.3) is 10.8 Å². The lowest BCUT2D eigenvalue weighted by atomic mass is 9.84. The summed E-state index contributed by atoms with van der Waals surface area (Å²) >= 11 is 12.1. The van der Waals surface area contributed by atoms with Crippen molar-refractivity contribution in [1.82, 2.24) is 15.6 Å². The monoisotopic (exact) mass is 732 g/mol. The van der Waals surface area contributed by atoms with Crippen LogP contribution in [0.1, 0.15) is 53.1 Å². The van der Waals surface area contributed by atoms with Crippen molar-refractivity contribution in [2.45, 2.75) is 50.8 Å². The van der Waals surface area contributed by atoms with Gasteiger partial charge in [0.25, 0.3) is 11.8 Å². The van der Waals surface area contributed by atoms with E-state index in [2.05, 4.69) is 20.8 Å². The number of amides is 2. The zero-order valence-corrected chi connectivity index (χ0v) is 29.1. The molecule has 0 fully saturated rings. The number of nitrogens with zero attached hydrogens (tertiary/aromatic N) is 2. The molecule has 2 unspecified atom stereocenters. The van der Waals surface area contributed by atoms with Crippen LogP contribution in [0.4, 0.5) is 0 Å². The summed E-state index contributed by atoms with van der Waals surface area (Å²) in [5.41, 5.74) is -0.645. The number of ketones is 1. The Morgan fingerprint density at radius 1 is 0.922 bits per heavy atom. The molecule has 12 nitrogen and oxygen atoms in total. The fraction of sp³-hybridized carbons (Fsp3) is 0.270. The Bertz CT molecular complexity index is 1980. The predicted octanol–water partition coefficient (Wildman–Crippen LogP) is 5.44. The van der Waals surface area contributed by atoms with Crippen LogP contribution in [0.5, 0.6) is 0 Å². The van der Waals surface area contributed by atoms with Gasteiger partial charge < -0.3 is 25.3 Å². The van der Waals surface area contributed by atoms with Gasteiger partial charge in [-0.15, -0.1) is 0 Å². The first-order valence-electron chi connectivity index (χ1n) is 16.0. The SMILES string of the molecule is CC(C)C(NC(=O)c1cc2ccccc2cn1)C1=NOC(Cc2ccccc2)(C(=O)N[C@@H](CC(=O)O)C(=O)COC(=O)c2c(Cl)cccc2Cl)C1. The van der Waals surface area contributed by atoms with Gasteiger partial charge in [0.2, 0.25) is 5.60 Å². The van der Waals surface area contributed by atoms with Gasteiger partial charge in [-0.2, -0.15) is 0 Å². The van der Waals surface area contributed by atoms with Gasteiger partial charge >= 0.3 is 11.9 Å². The molecule has 5 rings (SSSR count). The van der Waals surface area contributed by atoms with E-state index < -0.39 is 60.2 Å². The fourth-order valence-corrected chi connectivity index (χ4v) is 6.21. The van der Waals surface area contributed by atoms with Crippen molar-refractivity contribution in [2.24, 2.45) is 11.1 Å². The Balaban J connectivity index is 1.35. The highest BCUT2D eigenvalue weighted by Crippen LogP contribution is 2.32. The number of benzene rings is 3. The summed E-state index contributed by atoms with van der Waals surface area (Å²) in [6.45, 7) is 2.87. The lowest BCUT2D eigenvalue weighted by Crippen LogP contribution is -2.55. The molecule has 1 aromatic heterocycles. The lowest BCUT2D eigenvalue weighted by molar-refractivity contribution is -0.148. The van der Waals surface area contributed by atoms with Crippen molar-refractivity contribution >= 4 is 69.2 Å². The van der Waals surface area contributed by atoms with Gasteiger partial charge in [-0.1, -0.05) is 103 Å². The van der Waals surface area contributed by atoms with Crippen molar-refractivity contribution in [3.05, 3.63) is 112 Å². The van der Waals surface area contributed by atoms with Crippen molar-refractivity contribution in [3.63, 3.8) is 0 Å². The average molecular weight is 734 g/mol. The fourth-order valence-electron chi connectivity index (χ4n) is 5.66. The maximum Gasteiger partial charge on any atom is 0.341 e. The minimum Gasteiger partial charge on any atom is -0.481 e. The van der Waals surface area contributed by atoms with Crippen LogP contribution in [-0.2, 0) is 30.4 Å². The predicted molar refractivity (Wildman–Crippen MR) is 190 cm³/mol. The van der Waals surface area contributed by atoms with Crippen molar-refractivity contribution < 1.29 is 38.7 Å². The summed E-state index contributed by atoms with van der Waals surface area (Å²) in [6.07, 6.45) is 0.691. The van der Waals surface area contributed by atoms with Gasteiger partial charge in [-0.25, -0.2) is 4.79 Å². The molecule has 0 aliphatic carbocycles. The number of carbonyl (C=O) groups is 5. The number of nitrogens with one attached hydrogen (secondary N) is 2. The first-order chi connectivity index (χ1) is 24.4. The van der Waals surface area contributed by atoms with Crippen molar-refractivity contribution in [1.29, 1.82) is 0 Å². The summed E-state index contributed by atoms with van der Waals surface area (Å²) in [7, 11) is 0. The summed E-state index contributed by atoms with van der Waals surface area (Å²) in [6, 6.07) is 20.2. The summed E-state index contributed by atoms with van der Waals surface area (Å²) in [5, 5.41) is 21.1. The number of carbonyl (C=O) groups excluding carboxylic acids is 4. The number of carboxylic acid groups (broad SMARTS) is 1. The van der Waals surface area contributed by atoms with Crippen LogP contribution >= 0.6 is 23.2 Å². The van der Waals surface area contributed by atoms with E-state index in [4.69, 9.17) is 32.8 Å². The maximum absolute atomic E-state index is 14.1. The Hall–Kier alpha value is -5.33. The standard InChI is InChI=1S/C37H34Cl2N4O8/c1-21(2)33(42-34(47)28-15-23-11-6-7-12-24(23)19-40-28)29-18-37(51-43-29,17-22-9-4-3-5-10-22)36(49)41-27(16-31(45)46)30(44)20-50-35(48)32-25(38)13-8-14-26(32)39/h3-15,19,21,27,33H,16-18,20H2,1-2H3,(H,41,49)(H,42,47)(H,45,46)/t27-,33?,37?/m0/s1. The third-order valence-electron chi connectivity index (χ3n) is 8.31. The van der Waals surface area contributed by atoms with Crippen molar-refractivity contribution in [2.75, 3.05) is 6.61 Å². The third kappa shape index (κ3) is 8.89. The highest BCUT2D eigenvalue weighted by atomic mass is 35.5. The molecule has 1 aliphatic rings. The van der Waals surface area contributed by atoms with E-state index in [1.54, 1.807) is 42.6 Å². The molecule has 0 saturated carbocycles. The molecule has 0 radical (unpaired) electrons. The molecule has 0 bridgehead atoms. The number of carboxylic acids is 1. The molecule has 4 aromatic rings. The second-order valence-electron chi connectivity index (χ2n) is 12.4. The second-order valence-corrected chi connectivity index (χ2v) is 13.2. The number of hydrogen-bond acceptors (Lipinski definition) is 9. The number of esters is 1. The van der Waals surface area contributed by atoms with Gasteiger partial charge in [-0.3, -0.25) is 24.2 Å². The van der Waals surface area contributed by atoms with E-state index in [9.17, 15) is 29.1 Å². The van der Waals surface area contributed by atoms with Crippen LogP contribution < -0.4 is 10.6 Å². The molecule has 3 aromatic carbocycles. The van der Waals surface area contributed by atoms with Crippen LogP contribution in [-0.4, -0.2) is 69.6 Å². The van der Waals surface area contributed by atoms with Crippen LogP contribution in [0.15, 0.2) is 90.2 Å². The largest absolute Gasteiger partial charge is 0.481 e. The molecule has 51 heavy (non-hydrogen) atoms. The number of halogens is 2. The number of fused-ring (bicyclic) bond motifs is 1.